The van der Waals surface area contributed by atoms with E-state index in [0.717, 1.165) is 0 Å². The molecule has 3 aliphatic rings. The molecule has 0 unspecified atom stereocenters. The van der Waals surface area contributed by atoms with Crippen molar-refractivity contribution in [2.24, 2.45) is 38.1 Å². The van der Waals surface area contributed by atoms with Gasteiger partial charge in [0.05, 0.1) is 24.7 Å². The van der Waals surface area contributed by atoms with Gasteiger partial charge in [0.2, 0.25) is 17.7 Å². The Morgan fingerprint density at radius 3 is 1.31 bits per heavy atom. The fraction of sp³-hybridized carbons (Fsp3) is 0.778. The molecule has 0 amide bonds. The van der Waals surface area contributed by atoms with Crippen LogP contribution in [0.3, 0.4) is 0 Å². The van der Waals surface area contributed by atoms with Gasteiger partial charge < -0.3 is 24.1 Å². The number of nitrogens with zero attached hydrogens (tertiary/aromatic N) is 3. The maximum absolute atomic E-state index is 10.7. The third-order valence-corrected chi connectivity index (χ3v) is 6.72. The second-order valence-electron chi connectivity index (χ2n) is 11.1. The molecular weight excluding hydrogens is 625 g/mol. The van der Waals surface area contributed by atoms with Gasteiger partial charge in [0.1, 0.15) is 19.8 Å². The fourth-order valence-corrected chi connectivity index (χ4v) is 3.67. The normalized spacial score (nSPS) is 22.2. The Morgan fingerprint density at radius 2 is 1.12 bits per heavy atom. The average molecular weight is 670 g/mol. The van der Waals surface area contributed by atoms with E-state index in [0.29, 0.717) is 61.9 Å². The van der Waals surface area contributed by atoms with E-state index in [9.17, 15) is 9.90 Å². The van der Waals surface area contributed by atoms with Gasteiger partial charge in [0.15, 0.2) is 5.41 Å². The van der Waals surface area contributed by atoms with Crippen LogP contribution in [0.2, 0.25) is 0 Å². The Kier molecular flexibility index (Phi) is 16.6. The van der Waals surface area contributed by atoms with E-state index in [4.69, 9.17) is 47.8 Å². The van der Waals surface area contributed by atoms with Crippen molar-refractivity contribution >= 4 is 23.7 Å². The van der Waals surface area contributed by atoms with E-state index in [1.807, 2.05) is 6.92 Å². The van der Waals surface area contributed by atoms with Crippen molar-refractivity contribution in [3.05, 3.63) is 11.3 Å². The first kappa shape index (κ1) is 40.1. The largest absolute Gasteiger partial charge is 2.00 e. The van der Waals surface area contributed by atoms with Crippen LogP contribution in [0.15, 0.2) is 26.3 Å². The van der Waals surface area contributed by atoms with Crippen molar-refractivity contribution in [3.8, 4) is 0 Å². The molecule has 0 saturated heterocycles. The Hall–Kier alpha value is -1.93. The molecule has 0 bridgehead atoms. The third kappa shape index (κ3) is 12.0. The zero-order valence-electron chi connectivity index (χ0n) is 25.9. The van der Waals surface area contributed by atoms with Crippen molar-refractivity contribution in [1.29, 1.82) is 0 Å². The Morgan fingerprint density at radius 1 is 0.833 bits per heavy atom. The number of halogens is 1. The third-order valence-electron chi connectivity index (χ3n) is 6.72. The number of carbonyl (C=O) groups excluding carboxylic acids is 1. The summed E-state index contributed by atoms with van der Waals surface area (Å²) in [5.74, 6) is 2.38. The zero-order valence-corrected chi connectivity index (χ0v) is 27.6. The molecule has 0 aromatic heterocycles. The summed E-state index contributed by atoms with van der Waals surface area (Å²) < 4.78 is 56.7. The molecule has 245 valence electrons. The Labute approximate surface area is 261 Å². The van der Waals surface area contributed by atoms with Crippen LogP contribution in [0.1, 0.15) is 69.2 Å². The monoisotopic (exact) mass is 668 g/mol. The first-order chi connectivity index (χ1) is 18.8. The van der Waals surface area contributed by atoms with Crippen LogP contribution in [0.25, 0.3) is 0 Å². The maximum atomic E-state index is 10.7. The molecule has 1 radical (unpaired) electrons. The van der Waals surface area contributed by atoms with Gasteiger partial charge in [-0.2, -0.15) is 0 Å². The molecule has 3 aliphatic heterocycles. The minimum Gasteiger partial charge on any atom is -0.875 e. The van der Waals surface area contributed by atoms with Crippen molar-refractivity contribution in [2.45, 2.75) is 87.4 Å². The van der Waals surface area contributed by atoms with Gasteiger partial charge in [-0.1, -0.05) is 48.5 Å². The molecule has 0 N–H and O–H groups in total. The van der Waals surface area contributed by atoms with Gasteiger partial charge in [0.25, 0.3) is 0 Å². The summed E-state index contributed by atoms with van der Waals surface area (Å²) in [6.45, 7) is 21.6. The zero-order chi connectivity index (χ0) is 31.7. The summed E-state index contributed by atoms with van der Waals surface area (Å²) in [5, 5.41) is 10.5. The summed E-state index contributed by atoms with van der Waals surface area (Å²) in [5.41, 5.74) is -0.626. The van der Waals surface area contributed by atoms with Gasteiger partial charge in [-0.15, -0.1) is 16.0 Å². The minimum absolute atomic E-state index is 0. The van der Waals surface area contributed by atoms with Gasteiger partial charge >= 0.3 is 23.0 Å². The number of rotatable bonds is 8. The predicted molar refractivity (Wildman–Crippen MR) is 139 cm³/mol. The van der Waals surface area contributed by atoms with Gasteiger partial charge in [-0.05, 0) is 38.5 Å². The molecule has 0 aliphatic carbocycles. The van der Waals surface area contributed by atoms with Crippen molar-refractivity contribution in [2.75, 3.05) is 26.4 Å². The quantitative estimate of drug-likeness (QED) is 0.131. The van der Waals surface area contributed by atoms with E-state index in [2.05, 4.69) is 46.3 Å². The summed E-state index contributed by atoms with van der Waals surface area (Å²) in [6, 6.07) is 0.445. The average Bonchev–Trinajstić information content (AvgIpc) is 3.63. The van der Waals surface area contributed by atoms with Crippen LogP contribution in [0.4, 0.5) is 0 Å². The second kappa shape index (κ2) is 17.4. The molecule has 3 heterocycles. The first-order valence-corrected chi connectivity index (χ1v) is 14.8. The van der Waals surface area contributed by atoms with E-state index in [1.54, 1.807) is 6.92 Å². The van der Waals surface area contributed by atoms with Gasteiger partial charge in [0, 0.05) is 5.57 Å². The van der Waals surface area contributed by atoms with Crippen molar-refractivity contribution in [1.82, 2.24) is 0 Å². The van der Waals surface area contributed by atoms with Crippen LogP contribution in [0.5, 0.6) is 0 Å². The minimum atomic E-state index is -4.94. The van der Waals surface area contributed by atoms with Crippen LogP contribution < -0.4 is 23.7 Å². The number of carbonyl (C=O) groups is 1. The van der Waals surface area contributed by atoms with Crippen molar-refractivity contribution < 1.29 is 74.8 Å². The molecule has 42 heavy (non-hydrogen) atoms. The standard InChI is InChI=1S/C20H33N3O3.C7H12O3.ClHO4.Cu/c1-11(2)14-8-24-17(21-14)20(7,18-22-15(9-25-18)12(3)4)19-23-16(10-26-19)13(5)6;1-4-10-7(9)5(2)6(3)8;2-1(3,4)5;/h11-16H,8-10H2,1-7H3;8H,4H2,1-3H3;(H,2,3,4,5);/q;;;+2/p-2/b;6-5-;;/t14-,15-,16-;;;/m1.../s1. The number of esters is 1. The van der Waals surface area contributed by atoms with Gasteiger partial charge in [-0.25, -0.2) is 38.4 Å². The number of allylic oxidation sites excluding steroid dienone is 1. The molecule has 13 nitrogen and oxygen atoms in total. The molecular formula is C27H44ClCuN3O10. The number of hydrogen-bond donors (Lipinski definition) is 0. The summed E-state index contributed by atoms with van der Waals surface area (Å²) >= 11 is 0. The molecule has 15 heteroatoms. The van der Waals surface area contributed by atoms with Crippen molar-refractivity contribution in [3.63, 3.8) is 0 Å². The second-order valence-corrected chi connectivity index (χ2v) is 11.8. The number of ether oxygens (including phenoxy) is 4. The first-order valence-electron chi connectivity index (χ1n) is 13.6. The number of aliphatic imine (C=N–C) groups is 3. The Bertz CT molecular complexity index is 915. The molecule has 0 fully saturated rings. The maximum Gasteiger partial charge on any atom is 2.00 e. The summed E-state index contributed by atoms with van der Waals surface area (Å²) in [7, 11) is -4.94. The molecule has 3 atom stereocenters. The fourth-order valence-electron chi connectivity index (χ4n) is 3.67. The van der Waals surface area contributed by atoms with Crippen LogP contribution in [0, 0.1) is 33.4 Å². The van der Waals surface area contributed by atoms with Crippen LogP contribution >= 0.6 is 0 Å². The SMILES string of the molecule is CC(C)[C@H]1COC(C(C)(C2=N[C@@H](C(C)C)CO2)C2=N[C@@H](C(C)C)CO2)=N1.CCOC(=O)/C(C)=C(/C)[O-].[Cu+2].[O-][Cl+3]([O-])([O-])[O-]. The summed E-state index contributed by atoms with van der Waals surface area (Å²) in [6.07, 6.45) is 0. The van der Waals surface area contributed by atoms with E-state index >= 15 is 0 Å². The molecule has 0 spiro atoms. The molecule has 0 saturated carbocycles. The van der Waals surface area contributed by atoms with Crippen LogP contribution in [-0.2, 0) is 40.8 Å². The Balaban J connectivity index is 0.000000877. The number of hydrogen-bond acceptors (Lipinski definition) is 13. The van der Waals surface area contributed by atoms with Crippen LogP contribution in [-0.4, -0.2) is 68.2 Å². The molecule has 0 aromatic rings. The topological polar surface area (TPSA) is 206 Å². The summed E-state index contributed by atoms with van der Waals surface area (Å²) in [4.78, 5) is 25.3. The van der Waals surface area contributed by atoms with E-state index in [1.165, 1.54) is 13.8 Å². The molecule has 3 rings (SSSR count). The van der Waals surface area contributed by atoms with E-state index < -0.39 is 21.6 Å². The predicted octanol–water partition coefficient (Wildman–Crippen LogP) is -1.20. The molecule has 0 aromatic carbocycles. The van der Waals surface area contributed by atoms with Gasteiger partial charge in [-0.3, -0.25) is 0 Å². The van der Waals surface area contributed by atoms with E-state index in [-0.39, 0.29) is 46.5 Å². The smallest absolute Gasteiger partial charge is 0.875 e.